The summed E-state index contributed by atoms with van der Waals surface area (Å²) in [5.74, 6) is 0.661. The van der Waals surface area contributed by atoms with Crippen molar-refractivity contribution in [2.45, 2.75) is 12.8 Å². The zero-order valence-electron chi connectivity index (χ0n) is 10.9. The number of carbonyl (C=O) groups is 1. The number of methoxy groups -OCH3 is 1. The van der Waals surface area contributed by atoms with Crippen LogP contribution in [-0.2, 0) is 6.42 Å². The molecule has 3 rings (SSSR count). The van der Waals surface area contributed by atoms with Crippen molar-refractivity contribution in [2.24, 2.45) is 0 Å². The molecule has 104 valence electrons. The van der Waals surface area contributed by atoms with Crippen molar-refractivity contribution in [3.05, 3.63) is 29.5 Å². The number of rotatable bonds is 2. The first-order chi connectivity index (χ1) is 9.70. The molecule has 0 bridgehead atoms. The lowest BCUT2D eigenvalue weighted by Crippen LogP contribution is -2.08. The van der Waals surface area contributed by atoms with Gasteiger partial charge in [-0.3, -0.25) is 0 Å². The van der Waals surface area contributed by atoms with Crippen molar-refractivity contribution in [3.8, 4) is 22.8 Å². The number of aromatic nitrogens is 1. The highest BCUT2D eigenvalue weighted by atomic mass is 16.5. The Bertz CT molecular complexity index is 662. The molecule has 20 heavy (non-hydrogen) atoms. The van der Waals surface area contributed by atoms with Crippen molar-refractivity contribution in [1.82, 2.24) is 5.16 Å². The van der Waals surface area contributed by atoms with Crippen LogP contribution in [0.15, 0.2) is 22.7 Å². The lowest BCUT2D eigenvalue weighted by atomic mass is 10.0. The number of fused-ring (bicyclic) bond motifs is 3. The average Bonchev–Trinajstić information content (AvgIpc) is 2.84. The van der Waals surface area contributed by atoms with Crippen molar-refractivity contribution in [3.63, 3.8) is 0 Å². The predicted octanol–water partition coefficient (Wildman–Crippen LogP) is 2.37. The molecule has 0 fully saturated rings. The van der Waals surface area contributed by atoms with Gasteiger partial charge in [-0.2, -0.15) is 0 Å². The van der Waals surface area contributed by atoms with Crippen LogP contribution in [0.25, 0.3) is 11.3 Å². The third-order valence-corrected chi connectivity index (χ3v) is 3.25. The van der Waals surface area contributed by atoms with Crippen LogP contribution < -0.4 is 9.47 Å². The first-order valence-corrected chi connectivity index (χ1v) is 6.23. The van der Waals surface area contributed by atoms with E-state index in [9.17, 15) is 4.79 Å². The lowest BCUT2D eigenvalue weighted by molar-refractivity contribution is 0.0684. The van der Waals surface area contributed by atoms with Gasteiger partial charge < -0.3 is 19.1 Å². The zero-order chi connectivity index (χ0) is 14.1. The molecule has 0 saturated heterocycles. The fourth-order valence-corrected chi connectivity index (χ4v) is 2.29. The minimum absolute atomic E-state index is 0.0244. The number of nitrogens with zero attached hydrogens (tertiary/aromatic N) is 1. The summed E-state index contributed by atoms with van der Waals surface area (Å²) in [6.45, 7) is 0.504. The van der Waals surface area contributed by atoms with Gasteiger partial charge in [0.05, 0.1) is 19.3 Å². The predicted molar refractivity (Wildman–Crippen MR) is 69.3 cm³/mol. The second kappa shape index (κ2) is 4.88. The summed E-state index contributed by atoms with van der Waals surface area (Å²) in [4.78, 5) is 11.2. The van der Waals surface area contributed by atoms with Crippen LogP contribution in [0.5, 0.6) is 11.5 Å². The Kier molecular flexibility index (Phi) is 3.06. The Morgan fingerprint density at radius 1 is 1.45 bits per heavy atom. The molecular weight excluding hydrogens is 262 g/mol. The molecule has 6 heteroatoms. The lowest BCUT2D eigenvalue weighted by Gasteiger charge is -2.15. The van der Waals surface area contributed by atoms with E-state index in [1.807, 2.05) is 0 Å². The maximum Gasteiger partial charge on any atom is 0.358 e. The fraction of sp³-hybridized carbons (Fsp3) is 0.286. The van der Waals surface area contributed by atoms with Gasteiger partial charge in [-0.25, -0.2) is 4.79 Å². The van der Waals surface area contributed by atoms with E-state index in [2.05, 4.69) is 5.16 Å². The van der Waals surface area contributed by atoms with Gasteiger partial charge in [0.15, 0.2) is 11.5 Å². The molecule has 1 aliphatic heterocycles. The Morgan fingerprint density at radius 2 is 2.30 bits per heavy atom. The van der Waals surface area contributed by atoms with E-state index in [0.29, 0.717) is 47.8 Å². The first kappa shape index (κ1) is 12.5. The quantitative estimate of drug-likeness (QED) is 0.906. The Morgan fingerprint density at radius 3 is 3.05 bits per heavy atom. The van der Waals surface area contributed by atoms with Crippen molar-refractivity contribution < 1.29 is 23.9 Å². The maximum absolute atomic E-state index is 11.2. The first-order valence-electron chi connectivity index (χ1n) is 6.23. The van der Waals surface area contributed by atoms with Gasteiger partial charge in [0.2, 0.25) is 0 Å². The highest BCUT2D eigenvalue weighted by molar-refractivity contribution is 5.89. The molecule has 1 aromatic heterocycles. The molecule has 0 amide bonds. The number of hydrogen-bond acceptors (Lipinski definition) is 5. The summed E-state index contributed by atoms with van der Waals surface area (Å²) in [5, 5.41) is 12.8. The average molecular weight is 275 g/mol. The third-order valence-electron chi connectivity index (χ3n) is 3.25. The summed E-state index contributed by atoms with van der Waals surface area (Å²) in [6, 6.07) is 5.32. The van der Waals surface area contributed by atoms with Crippen molar-refractivity contribution in [1.29, 1.82) is 0 Å². The van der Waals surface area contributed by atoms with E-state index in [1.165, 1.54) is 0 Å². The number of ether oxygens (including phenoxy) is 2. The molecule has 0 saturated carbocycles. The minimum Gasteiger partial charge on any atom is -0.497 e. The molecule has 0 unspecified atom stereocenters. The van der Waals surface area contributed by atoms with E-state index in [1.54, 1.807) is 25.3 Å². The normalized spacial score (nSPS) is 13.4. The topological polar surface area (TPSA) is 81.8 Å². The Balaban J connectivity index is 2.18. The van der Waals surface area contributed by atoms with E-state index in [0.717, 1.165) is 0 Å². The number of aromatic carboxylic acids is 1. The molecule has 1 N–H and O–H groups in total. The van der Waals surface area contributed by atoms with Gasteiger partial charge >= 0.3 is 5.97 Å². The standard InChI is InChI=1S/C14H13NO5/c1-18-8-4-5-9-11(7-8)19-6-2-3-10-12(14(16)17)15-20-13(9)10/h4-5,7H,2-3,6H2,1H3,(H,16,17). The Labute approximate surface area is 114 Å². The van der Waals surface area contributed by atoms with Gasteiger partial charge in [0.1, 0.15) is 11.5 Å². The highest BCUT2D eigenvalue weighted by Gasteiger charge is 2.25. The van der Waals surface area contributed by atoms with E-state index < -0.39 is 5.97 Å². The van der Waals surface area contributed by atoms with Crippen LogP contribution in [0, 0.1) is 0 Å². The molecule has 0 aliphatic carbocycles. The zero-order valence-corrected chi connectivity index (χ0v) is 10.9. The Hall–Kier alpha value is -2.50. The molecule has 0 radical (unpaired) electrons. The minimum atomic E-state index is -1.08. The highest BCUT2D eigenvalue weighted by Crippen LogP contribution is 2.38. The summed E-state index contributed by atoms with van der Waals surface area (Å²) in [5.41, 5.74) is 1.29. The summed E-state index contributed by atoms with van der Waals surface area (Å²) >= 11 is 0. The molecule has 1 aliphatic rings. The molecule has 0 atom stereocenters. The summed E-state index contributed by atoms with van der Waals surface area (Å²) in [7, 11) is 1.58. The third kappa shape index (κ3) is 1.99. The van der Waals surface area contributed by atoms with Crippen molar-refractivity contribution >= 4 is 5.97 Å². The molecule has 1 aromatic carbocycles. The van der Waals surface area contributed by atoms with E-state index in [4.69, 9.17) is 19.1 Å². The van der Waals surface area contributed by atoms with Crippen LogP contribution >= 0.6 is 0 Å². The van der Waals surface area contributed by atoms with Gasteiger partial charge in [-0.1, -0.05) is 5.16 Å². The molecule has 0 spiro atoms. The second-order valence-corrected chi connectivity index (χ2v) is 4.46. The second-order valence-electron chi connectivity index (χ2n) is 4.46. The van der Waals surface area contributed by atoms with Crippen LogP contribution in [0.2, 0.25) is 0 Å². The maximum atomic E-state index is 11.2. The van der Waals surface area contributed by atoms with Crippen LogP contribution in [0.4, 0.5) is 0 Å². The number of carboxylic acid groups (broad SMARTS) is 1. The van der Waals surface area contributed by atoms with Crippen LogP contribution in [0.1, 0.15) is 22.5 Å². The molecule has 6 nitrogen and oxygen atoms in total. The van der Waals surface area contributed by atoms with Crippen LogP contribution in [0.3, 0.4) is 0 Å². The number of carboxylic acids is 1. The largest absolute Gasteiger partial charge is 0.497 e. The fourth-order valence-electron chi connectivity index (χ4n) is 2.29. The van der Waals surface area contributed by atoms with Gasteiger partial charge in [0.25, 0.3) is 0 Å². The molecular formula is C14H13NO5. The van der Waals surface area contributed by atoms with E-state index >= 15 is 0 Å². The van der Waals surface area contributed by atoms with Crippen LogP contribution in [-0.4, -0.2) is 29.9 Å². The summed E-state index contributed by atoms with van der Waals surface area (Å²) < 4.78 is 16.1. The number of benzene rings is 1. The molecule has 2 aromatic rings. The number of hydrogen-bond donors (Lipinski definition) is 1. The van der Waals surface area contributed by atoms with Crippen molar-refractivity contribution in [2.75, 3.05) is 13.7 Å². The van der Waals surface area contributed by atoms with Gasteiger partial charge in [0, 0.05) is 11.6 Å². The molecule has 2 heterocycles. The smallest absolute Gasteiger partial charge is 0.358 e. The summed E-state index contributed by atoms with van der Waals surface area (Å²) in [6.07, 6.45) is 1.26. The van der Waals surface area contributed by atoms with Gasteiger partial charge in [-0.15, -0.1) is 0 Å². The SMILES string of the molecule is COc1ccc2c(c1)OCCCc1c(C(=O)O)noc1-2. The monoisotopic (exact) mass is 275 g/mol. The van der Waals surface area contributed by atoms with E-state index in [-0.39, 0.29) is 5.69 Å². The van der Waals surface area contributed by atoms with Gasteiger partial charge in [-0.05, 0) is 25.0 Å².